The van der Waals surface area contributed by atoms with Crippen LogP contribution in [0.2, 0.25) is 0 Å². The largest absolute Gasteiger partial charge is 0.264 e. The van der Waals surface area contributed by atoms with Crippen molar-refractivity contribution in [3.05, 3.63) is 75.8 Å². The molecule has 0 amide bonds. The molecule has 0 bridgehead atoms. The number of benzene rings is 2. The average Bonchev–Trinajstić information content (AvgIpc) is 2.53. The molecule has 7 heteroatoms. The van der Waals surface area contributed by atoms with E-state index in [1.807, 2.05) is 6.92 Å². The first-order valence-electron chi connectivity index (χ1n) is 7.09. The van der Waals surface area contributed by atoms with Crippen LogP contribution < -0.4 is 4.72 Å². The zero-order valence-electron chi connectivity index (χ0n) is 12.8. The van der Waals surface area contributed by atoms with Gasteiger partial charge in [-0.1, -0.05) is 48.0 Å². The summed E-state index contributed by atoms with van der Waals surface area (Å²) in [4.78, 5) is 10.7. The Morgan fingerprint density at radius 3 is 2.13 bits per heavy atom. The molecule has 2 aromatic carbocycles. The average molecular weight is 334 g/mol. The number of nitrogens with one attached hydrogen (secondary N) is 1. The molecule has 0 saturated heterocycles. The quantitative estimate of drug-likeness (QED) is 0.649. The molecule has 0 unspecified atom stereocenters. The highest BCUT2D eigenvalue weighted by Crippen LogP contribution is 2.22. The Bertz CT molecular complexity index is 773. The number of sulfonamides is 1. The molecule has 2 aromatic rings. The molecule has 6 nitrogen and oxygen atoms in total. The van der Waals surface area contributed by atoms with Gasteiger partial charge in [-0.05, 0) is 24.6 Å². The molecule has 0 aliphatic heterocycles. The first-order valence-corrected chi connectivity index (χ1v) is 8.57. The van der Waals surface area contributed by atoms with E-state index in [0.717, 1.165) is 5.56 Å². The van der Waals surface area contributed by atoms with Crippen LogP contribution in [0, 0.1) is 17.0 Å². The molecule has 0 saturated carbocycles. The number of rotatable bonds is 6. The number of nitro groups is 1. The second-order valence-corrected chi connectivity index (χ2v) is 7.06. The van der Waals surface area contributed by atoms with Gasteiger partial charge < -0.3 is 0 Å². The summed E-state index contributed by atoms with van der Waals surface area (Å²) in [6.45, 7) is 3.24. The van der Waals surface area contributed by atoms with Gasteiger partial charge in [0, 0.05) is 11.8 Å². The lowest BCUT2D eigenvalue weighted by molar-refractivity contribution is -0.522. The molecule has 0 aliphatic carbocycles. The third-order valence-corrected chi connectivity index (χ3v) is 5.04. The van der Waals surface area contributed by atoms with Crippen LogP contribution in [0.4, 0.5) is 0 Å². The van der Waals surface area contributed by atoms with Gasteiger partial charge in [0.05, 0.1) is 4.90 Å². The lowest BCUT2D eigenvalue weighted by Crippen LogP contribution is -2.38. The molecule has 0 spiro atoms. The second kappa shape index (κ2) is 6.89. The van der Waals surface area contributed by atoms with Crippen molar-refractivity contribution in [3.8, 4) is 0 Å². The normalized spacial score (nSPS) is 14.2. The fraction of sp³-hybridized carbons (Fsp3) is 0.250. The predicted octanol–water partition coefficient (Wildman–Crippen LogP) is 2.68. The maximum atomic E-state index is 12.5. The van der Waals surface area contributed by atoms with Gasteiger partial charge in [-0.3, -0.25) is 10.1 Å². The minimum absolute atomic E-state index is 0.0829. The molecule has 1 N–H and O–H groups in total. The van der Waals surface area contributed by atoms with Crippen LogP contribution >= 0.6 is 0 Å². The molecule has 122 valence electrons. The standard InChI is InChI=1S/C16H18N2O4S/c1-12-8-10-15(11-9-12)23(21,22)17-16(13(2)18(19)20)14-6-4-3-5-7-14/h3-11,13,16-17H,1-2H3/t13-,16+/m0/s1. The lowest BCUT2D eigenvalue weighted by atomic mass is 10.0. The van der Waals surface area contributed by atoms with E-state index in [4.69, 9.17) is 0 Å². The molecule has 0 aliphatic rings. The van der Waals surface area contributed by atoms with Crippen molar-refractivity contribution in [2.75, 3.05) is 0 Å². The Morgan fingerprint density at radius 1 is 1.04 bits per heavy atom. The summed E-state index contributed by atoms with van der Waals surface area (Å²) < 4.78 is 27.5. The van der Waals surface area contributed by atoms with Gasteiger partial charge in [-0.15, -0.1) is 0 Å². The van der Waals surface area contributed by atoms with Gasteiger partial charge in [0.2, 0.25) is 16.1 Å². The number of hydrogen-bond acceptors (Lipinski definition) is 4. The van der Waals surface area contributed by atoms with Crippen molar-refractivity contribution < 1.29 is 13.3 Å². The molecule has 2 atom stereocenters. The SMILES string of the molecule is Cc1ccc(S(=O)(=O)N[C@@H](c2ccccc2)[C@H](C)[N+](=O)[O-])cc1. The summed E-state index contributed by atoms with van der Waals surface area (Å²) in [5.41, 5.74) is 1.48. The lowest BCUT2D eigenvalue weighted by Gasteiger charge is -2.20. The van der Waals surface area contributed by atoms with Crippen LogP contribution in [0.3, 0.4) is 0 Å². The predicted molar refractivity (Wildman–Crippen MR) is 87.1 cm³/mol. The number of nitrogens with zero attached hydrogens (tertiary/aromatic N) is 1. The van der Waals surface area contributed by atoms with Crippen LogP contribution in [-0.4, -0.2) is 19.4 Å². The third kappa shape index (κ3) is 4.14. The molecular formula is C16H18N2O4S. The van der Waals surface area contributed by atoms with Crippen LogP contribution in [-0.2, 0) is 10.0 Å². The monoisotopic (exact) mass is 334 g/mol. The number of hydrogen-bond donors (Lipinski definition) is 1. The van der Waals surface area contributed by atoms with Crippen molar-refractivity contribution in [1.82, 2.24) is 4.72 Å². The van der Waals surface area contributed by atoms with Crippen molar-refractivity contribution in [2.24, 2.45) is 0 Å². The zero-order valence-corrected chi connectivity index (χ0v) is 13.7. The Hall–Kier alpha value is -2.25. The summed E-state index contributed by atoms with van der Waals surface area (Å²) >= 11 is 0. The van der Waals surface area contributed by atoms with Crippen molar-refractivity contribution in [3.63, 3.8) is 0 Å². The van der Waals surface area contributed by atoms with E-state index in [-0.39, 0.29) is 4.90 Å². The Morgan fingerprint density at radius 2 is 1.61 bits per heavy atom. The third-order valence-electron chi connectivity index (χ3n) is 3.59. The van der Waals surface area contributed by atoms with Crippen LogP contribution in [0.15, 0.2) is 59.5 Å². The molecular weight excluding hydrogens is 316 g/mol. The van der Waals surface area contributed by atoms with E-state index in [2.05, 4.69) is 4.72 Å². The second-order valence-electron chi connectivity index (χ2n) is 5.35. The van der Waals surface area contributed by atoms with Gasteiger partial charge in [-0.2, -0.15) is 4.72 Å². The fourth-order valence-electron chi connectivity index (χ4n) is 2.18. The van der Waals surface area contributed by atoms with E-state index >= 15 is 0 Å². The smallest absolute Gasteiger partial charge is 0.241 e. The van der Waals surface area contributed by atoms with Crippen molar-refractivity contribution in [1.29, 1.82) is 0 Å². The van der Waals surface area contributed by atoms with Gasteiger partial charge in [-0.25, -0.2) is 8.42 Å². The summed E-state index contributed by atoms with van der Waals surface area (Å²) in [7, 11) is -3.86. The van der Waals surface area contributed by atoms with Gasteiger partial charge in [0.1, 0.15) is 6.04 Å². The Kier molecular flexibility index (Phi) is 5.12. The molecule has 2 rings (SSSR count). The maximum absolute atomic E-state index is 12.5. The highest BCUT2D eigenvalue weighted by atomic mass is 32.2. The van der Waals surface area contributed by atoms with Crippen LogP contribution in [0.1, 0.15) is 24.1 Å². The summed E-state index contributed by atoms with van der Waals surface area (Å²) in [6.07, 6.45) is 0. The topological polar surface area (TPSA) is 89.3 Å². The van der Waals surface area contributed by atoms with E-state index in [1.165, 1.54) is 19.1 Å². The van der Waals surface area contributed by atoms with E-state index in [1.54, 1.807) is 42.5 Å². The van der Waals surface area contributed by atoms with Gasteiger partial charge in [0.15, 0.2) is 0 Å². The maximum Gasteiger partial charge on any atom is 0.241 e. The number of aryl methyl sites for hydroxylation is 1. The first-order chi connectivity index (χ1) is 10.8. The minimum atomic E-state index is -3.86. The van der Waals surface area contributed by atoms with E-state index in [9.17, 15) is 18.5 Å². The highest BCUT2D eigenvalue weighted by Gasteiger charge is 2.32. The van der Waals surface area contributed by atoms with Crippen molar-refractivity contribution in [2.45, 2.75) is 30.8 Å². The summed E-state index contributed by atoms with van der Waals surface area (Å²) in [6, 6.07) is 12.8. The van der Waals surface area contributed by atoms with Crippen LogP contribution in [0.5, 0.6) is 0 Å². The van der Waals surface area contributed by atoms with Gasteiger partial charge in [0.25, 0.3) is 0 Å². The highest BCUT2D eigenvalue weighted by molar-refractivity contribution is 7.89. The summed E-state index contributed by atoms with van der Waals surface area (Å²) in [5.74, 6) is 0. The van der Waals surface area contributed by atoms with E-state index < -0.39 is 27.0 Å². The fourth-order valence-corrected chi connectivity index (χ4v) is 3.48. The van der Waals surface area contributed by atoms with Gasteiger partial charge >= 0.3 is 0 Å². The zero-order chi connectivity index (χ0) is 17.0. The molecule has 23 heavy (non-hydrogen) atoms. The molecule has 0 radical (unpaired) electrons. The Labute approximate surface area is 135 Å². The first kappa shape index (κ1) is 17.1. The van der Waals surface area contributed by atoms with Crippen LogP contribution in [0.25, 0.3) is 0 Å². The summed E-state index contributed by atoms with van der Waals surface area (Å²) in [5, 5.41) is 11.2. The van der Waals surface area contributed by atoms with E-state index in [0.29, 0.717) is 5.56 Å². The molecule has 0 fully saturated rings. The Balaban J connectivity index is 2.37. The van der Waals surface area contributed by atoms with Crippen molar-refractivity contribution >= 4 is 10.0 Å². The molecule has 0 aromatic heterocycles. The minimum Gasteiger partial charge on any atom is -0.264 e. The molecule has 0 heterocycles.